The zero-order valence-electron chi connectivity index (χ0n) is 19.3. The van der Waals surface area contributed by atoms with Crippen LogP contribution < -0.4 is 20.3 Å². The summed E-state index contributed by atoms with van der Waals surface area (Å²) in [5, 5.41) is 15.1. The van der Waals surface area contributed by atoms with Crippen LogP contribution in [0.1, 0.15) is 19.3 Å². The number of aliphatic imine (C=N–C) groups is 1. The number of nitrogens with zero attached hydrogens (tertiary/aromatic N) is 6. The molecule has 1 saturated heterocycles. The second-order valence-electron chi connectivity index (χ2n) is 8.49. The highest BCUT2D eigenvalue weighted by Crippen LogP contribution is 2.27. The number of carboxylic acid groups (broad SMARTS) is 1. The van der Waals surface area contributed by atoms with Crippen molar-refractivity contribution in [2.45, 2.75) is 37.4 Å². The molecule has 14 nitrogen and oxygen atoms in total. The van der Waals surface area contributed by atoms with Gasteiger partial charge in [0.2, 0.25) is 5.91 Å². The van der Waals surface area contributed by atoms with E-state index in [-0.39, 0.29) is 23.0 Å². The quantitative estimate of drug-likeness (QED) is 0.349. The van der Waals surface area contributed by atoms with E-state index in [9.17, 15) is 36.3 Å². The second-order valence-corrected chi connectivity index (χ2v) is 10.2. The highest BCUT2D eigenvalue weighted by molar-refractivity contribution is 7.90. The minimum atomic E-state index is -5.90. The van der Waals surface area contributed by atoms with Crippen molar-refractivity contribution in [3.8, 4) is 0 Å². The Morgan fingerprint density at radius 3 is 2.57 bits per heavy atom. The normalized spacial score (nSPS) is 18.2. The average Bonchev–Trinajstić information content (AvgIpc) is 3.26. The molecule has 202 valence electrons. The van der Waals surface area contributed by atoms with Gasteiger partial charge in [0, 0.05) is 32.1 Å². The van der Waals surface area contributed by atoms with E-state index in [2.05, 4.69) is 30.6 Å². The molecule has 0 spiro atoms. The SMILES string of the molecule is O=C(NC1=NCCCN1)C1CCN(c2ncnc3c2ncn3C[C@H](NS(=O)(=O)C(F)(F)F)C(=O)O)CC1. The van der Waals surface area contributed by atoms with Crippen molar-refractivity contribution < 1.29 is 36.3 Å². The molecule has 1 fully saturated rings. The largest absolute Gasteiger partial charge is 0.511 e. The molecular weight excluding hydrogens is 523 g/mol. The van der Waals surface area contributed by atoms with Gasteiger partial charge in [-0.3, -0.25) is 19.9 Å². The summed E-state index contributed by atoms with van der Waals surface area (Å²) in [6.07, 6.45) is 4.29. The molecule has 2 aromatic rings. The number of sulfonamides is 1. The summed E-state index contributed by atoms with van der Waals surface area (Å²) in [7, 11) is -5.90. The summed E-state index contributed by atoms with van der Waals surface area (Å²) in [6.45, 7) is 1.62. The van der Waals surface area contributed by atoms with Crippen LogP contribution in [0.4, 0.5) is 19.0 Å². The number of anilines is 1. The lowest BCUT2D eigenvalue weighted by Gasteiger charge is -2.32. The van der Waals surface area contributed by atoms with Gasteiger partial charge in [0.15, 0.2) is 22.9 Å². The molecule has 0 saturated carbocycles. The van der Waals surface area contributed by atoms with E-state index in [0.29, 0.717) is 44.3 Å². The molecule has 2 aliphatic heterocycles. The van der Waals surface area contributed by atoms with Crippen LogP contribution in [0.25, 0.3) is 11.2 Å². The minimum Gasteiger partial charge on any atom is -0.480 e. The molecule has 0 bridgehead atoms. The average molecular weight is 548 g/mol. The van der Waals surface area contributed by atoms with Gasteiger partial charge in [0.05, 0.1) is 12.9 Å². The fraction of sp³-hybridized carbons (Fsp3) is 0.579. The first kappa shape index (κ1) is 26.5. The van der Waals surface area contributed by atoms with Crippen LogP contribution in [0.3, 0.4) is 0 Å². The number of carbonyl (C=O) groups is 2. The van der Waals surface area contributed by atoms with Gasteiger partial charge in [0.25, 0.3) is 0 Å². The zero-order valence-corrected chi connectivity index (χ0v) is 20.1. The Morgan fingerprint density at radius 2 is 1.95 bits per heavy atom. The lowest BCUT2D eigenvalue weighted by Crippen LogP contribution is -2.48. The van der Waals surface area contributed by atoms with Crippen LogP contribution in [0.2, 0.25) is 0 Å². The van der Waals surface area contributed by atoms with E-state index >= 15 is 0 Å². The molecule has 1 atom stereocenters. The second kappa shape index (κ2) is 10.4. The molecular formula is C19H24F3N9O5S. The molecule has 1 amide bonds. The summed E-state index contributed by atoms with van der Waals surface area (Å²) < 4.78 is 63.3. The number of alkyl halides is 3. The third-order valence-corrected chi connectivity index (χ3v) is 7.17. The first-order valence-electron chi connectivity index (χ1n) is 11.3. The highest BCUT2D eigenvalue weighted by Gasteiger charge is 2.47. The number of imidazole rings is 1. The molecule has 2 aliphatic rings. The van der Waals surface area contributed by atoms with Crippen molar-refractivity contribution in [3.05, 3.63) is 12.7 Å². The highest BCUT2D eigenvalue weighted by atomic mass is 32.2. The third-order valence-electron chi connectivity index (χ3n) is 5.97. The van der Waals surface area contributed by atoms with Crippen LogP contribution in [0.15, 0.2) is 17.6 Å². The molecule has 4 N–H and O–H groups in total. The number of aromatic nitrogens is 4. The molecule has 0 unspecified atom stereocenters. The third kappa shape index (κ3) is 5.90. The number of aliphatic carboxylic acids is 1. The summed E-state index contributed by atoms with van der Waals surface area (Å²) in [5.74, 6) is -1.30. The van der Waals surface area contributed by atoms with Gasteiger partial charge in [-0.25, -0.2) is 23.4 Å². The number of hydrogen-bond donors (Lipinski definition) is 4. The Kier molecular flexibility index (Phi) is 7.49. The van der Waals surface area contributed by atoms with Crippen molar-refractivity contribution in [1.82, 2.24) is 34.9 Å². The van der Waals surface area contributed by atoms with Crippen LogP contribution in [0, 0.1) is 5.92 Å². The maximum Gasteiger partial charge on any atom is 0.511 e. The van der Waals surface area contributed by atoms with Crippen LogP contribution >= 0.6 is 0 Å². The lowest BCUT2D eigenvalue weighted by atomic mass is 9.96. The zero-order chi connectivity index (χ0) is 26.8. The van der Waals surface area contributed by atoms with E-state index < -0.39 is 34.1 Å². The van der Waals surface area contributed by atoms with Crippen molar-refractivity contribution in [3.63, 3.8) is 0 Å². The van der Waals surface area contributed by atoms with Gasteiger partial charge in [-0.1, -0.05) is 0 Å². The fourth-order valence-electron chi connectivity index (χ4n) is 4.04. The van der Waals surface area contributed by atoms with E-state index in [1.54, 1.807) is 0 Å². The minimum absolute atomic E-state index is 0.115. The van der Waals surface area contributed by atoms with Gasteiger partial charge in [-0.05, 0) is 19.3 Å². The number of amides is 1. The van der Waals surface area contributed by atoms with Crippen molar-refractivity contribution in [2.24, 2.45) is 10.9 Å². The number of halogens is 3. The predicted molar refractivity (Wildman–Crippen MR) is 123 cm³/mol. The first-order valence-corrected chi connectivity index (χ1v) is 12.8. The summed E-state index contributed by atoms with van der Waals surface area (Å²) in [6, 6.07) is -2.13. The van der Waals surface area contributed by atoms with Crippen LogP contribution in [-0.2, 0) is 26.2 Å². The maximum absolute atomic E-state index is 12.7. The first-order chi connectivity index (χ1) is 17.5. The Morgan fingerprint density at radius 1 is 1.22 bits per heavy atom. The number of nitrogens with one attached hydrogen (secondary N) is 3. The number of carbonyl (C=O) groups excluding carboxylic acids is 1. The molecule has 0 radical (unpaired) electrons. The van der Waals surface area contributed by atoms with Gasteiger partial charge >= 0.3 is 21.5 Å². The van der Waals surface area contributed by atoms with E-state index in [4.69, 9.17) is 0 Å². The topological polar surface area (TPSA) is 184 Å². The molecule has 37 heavy (non-hydrogen) atoms. The standard InChI is InChI=1S/C19H24F3N9O5S/c20-19(21,22)37(35,36)29-12(17(33)34)8-31-10-27-13-14(25-9-26-15(13)31)30-6-2-11(3-7-30)16(32)28-18-23-4-1-5-24-18/h9-12,29H,1-8H2,(H,33,34)(H2,23,24,28,32)/t12-/m0/s1. The number of carboxylic acids is 1. The Hall–Kier alpha value is -3.54. The van der Waals surface area contributed by atoms with Gasteiger partial charge in [-0.2, -0.15) is 17.9 Å². The molecule has 0 aromatic carbocycles. The fourth-order valence-corrected chi connectivity index (χ4v) is 4.72. The maximum atomic E-state index is 12.7. The number of hydrogen-bond acceptors (Lipinski definition) is 10. The smallest absolute Gasteiger partial charge is 0.480 e. The Labute approximate surface area is 208 Å². The lowest BCUT2D eigenvalue weighted by molar-refractivity contribution is -0.139. The van der Waals surface area contributed by atoms with Crippen molar-refractivity contribution >= 4 is 44.8 Å². The van der Waals surface area contributed by atoms with E-state index in [1.807, 2.05) is 4.90 Å². The molecule has 2 aromatic heterocycles. The number of rotatable bonds is 7. The monoisotopic (exact) mass is 547 g/mol. The molecule has 4 rings (SSSR count). The Balaban J connectivity index is 1.45. The number of fused-ring (bicyclic) bond motifs is 1. The Bertz CT molecular complexity index is 1310. The molecule has 18 heteroatoms. The number of guanidine groups is 1. The van der Waals surface area contributed by atoms with Crippen molar-refractivity contribution in [2.75, 3.05) is 31.1 Å². The molecule has 0 aliphatic carbocycles. The number of piperidine rings is 1. The van der Waals surface area contributed by atoms with E-state index in [0.717, 1.165) is 28.6 Å². The summed E-state index contributed by atoms with van der Waals surface area (Å²) in [4.78, 5) is 42.7. The predicted octanol–water partition coefficient (Wildman–Crippen LogP) is -0.599. The van der Waals surface area contributed by atoms with E-state index in [1.165, 1.54) is 6.33 Å². The van der Waals surface area contributed by atoms with Crippen LogP contribution in [-0.4, -0.2) is 88.6 Å². The van der Waals surface area contributed by atoms with Gasteiger partial charge in [-0.15, -0.1) is 0 Å². The molecule has 4 heterocycles. The van der Waals surface area contributed by atoms with Crippen molar-refractivity contribution in [1.29, 1.82) is 0 Å². The van der Waals surface area contributed by atoms with Gasteiger partial charge in [0.1, 0.15) is 12.4 Å². The summed E-state index contributed by atoms with van der Waals surface area (Å²) >= 11 is 0. The summed E-state index contributed by atoms with van der Waals surface area (Å²) in [5.41, 5.74) is -5.30. The van der Waals surface area contributed by atoms with Gasteiger partial charge < -0.3 is 19.9 Å². The van der Waals surface area contributed by atoms with Crippen LogP contribution in [0.5, 0.6) is 0 Å².